The van der Waals surface area contributed by atoms with Crippen LogP contribution in [-0.2, 0) is 19.7 Å². The van der Waals surface area contributed by atoms with E-state index < -0.39 is 16.2 Å². The number of carbonyl (C=O) groups is 1. The molecule has 18 heavy (non-hydrogen) atoms. The van der Waals surface area contributed by atoms with Crippen molar-refractivity contribution in [3.05, 3.63) is 0 Å². The Morgan fingerprint density at radius 2 is 2.17 bits per heavy atom. The van der Waals surface area contributed by atoms with Crippen LogP contribution < -0.4 is 5.73 Å². The van der Waals surface area contributed by atoms with Gasteiger partial charge in [0.2, 0.25) is 0 Å². The number of nitrogens with zero attached hydrogens (tertiary/aromatic N) is 2. The van der Waals surface area contributed by atoms with Crippen molar-refractivity contribution in [2.45, 2.75) is 18.9 Å². The highest BCUT2D eigenvalue weighted by Gasteiger charge is 2.32. The highest BCUT2D eigenvalue weighted by atomic mass is 35.5. The predicted octanol–water partition coefficient (Wildman–Crippen LogP) is -0.819. The van der Waals surface area contributed by atoms with Gasteiger partial charge in [-0.05, 0) is 6.42 Å². The summed E-state index contributed by atoms with van der Waals surface area (Å²) in [6, 6.07) is -0.0983. The quantitative estimate of drug-likeness (QED) is 0.670. The average molecular weight is 302 g/mol. The van der Waals surface area contributed by atoms with Gasteiger partial charge in [0.15, 0.2) is 0 Å². The number of esters is 1. The summed E-state index contributed by atoms with van der Waals surface area (Å²) in [5.41, 5.74) is 5.67. The molecule has 0 saturated carbocycles. The zero-order chi connectivity index (χ0) is 13.1. The standard InChI is InChI=1S/C9H19N3O4S.ClH/c1-11(5-4-9(13)16-2)17(14,15)12-6-3-8(10)7-12;/h8H,3-7,10H2,1-2H3;1H. The summed E-state index contributed by atoms with van der Waals surface area (Å²) in [6.07, 6.45) is 0.718. The Kier molecular flexibility index (Phi) is 7.08. The van der Waals surface area contributed by atoms with Crippen molar-refractivity contribution in [3.8, 4) is 0 Å². The topological polar surface area (TPSA) is 92.9 Å². The highest BCUT2D eigenvalue weighted by Crippen LogP contribution is 2.15. The molecule has 0 bridgehead atoms. The molecule has 2 N–H and O–H groups in total. The SMILES string of the molecule is COC(=O)CCN(C)S(=O)(=O)N1CCC(N)C1.Cl. The number of halogens is 1. The molecular weight excluding hydrogens is 282 g/mol. The second-order valence-electron chi connectivity index (χ2n) is 4.06. The van der Waals surface area contributed by atoms with Crippen LogP contribution in [0.25, 0.3) is 0 Å². The van der Waals surface area contributed by atoms with Crippen molar-refractivity contribution >= 4 is 28.6 Å². The van der Waals surface area contributed by atoms with Crippen molar-refractivity contribution in [2.75, 3.05) is 33.8 Å². The summed E-state index contributed by atoms with van der Waals surface area (Å²) in [5.74, 6) is -0.426. The van der Waals surface area contributed by atoms with Crippen molar-refractivity contribution in [1.29, 1.82) is 0 Å². The summed E-state index contributed by atoms with van der Waals surface area (Å²) in [7, 11) is -0.776. The van der Waals surface area contributed by atoms with E-state index in [1.807, 2.05) is 0 Å². The summed E-state index contributed by atoms with van der Waals surface area (Å²) in [5, 5.41) is 0. The molecule has 1 aliphatic heterocycles. The first-order chi connectivity index (χ1) is 7.87. The molecular formula is C9H20ClN3O4S. The molecule has 7 nitrogen and oxygen atoms in total. The van der Waals surface area contributed by atoms with Crippen molar-refractivity contribution in [3.63, 3.8) is 0 Å². The Morgan fingerprint density at radius 3 is 2.61 bits per heavy atom. The molecule has 0 radical (unpaired) electrons. The number of hydrogen-bond acceptors (Lipinski definition) is 5. The van der Waals surface area contributed by atoms with Crippen LogP contribution in [0, 0.1) is 0 Å². The van der Waals surface area contributed by atoms with Gasteiger partial charge in [0.25, 0.3) is 10.2 Å². The minimum Gasteiger partial charge on any atom is -0.469 e. The zero-order valence-corrected chi connectivity index (χ0v) is 12.2. The van der Waals surface area contributed by atoms with Gasteiger partial charge in [0.05, 0.1) is 13.5 Å². The summed E-state index contributed by atoms with van der Waals surface area (Å²) in [6.45, 7) is 0.887. The lowest BCUT2D eigenvalue weighted by Gasteiger charge is -2.23. The van der Waals surface area contributed by atoms with Crippen LogP contribution in [0.5, 0.6) is 0 Å². The second kappa shape index (κ2) is 7.25. The van der Waals surface area contributed by atoms with Crippen molar-refractivity contribution in [2.24, 2.45) is 5.73 Å². The van der Waals surface area contributed by atoms with Gasteiger partial charge in [-0.15, -0.1) is 12.4 Å². The van der Waals surface area contributed by atoms with Gasteiger partial charge >= 0.3 is 5.97 Å². The van der Waals surface area contributed by atoms with Crippen LogP contribution >= 0.6 is 12.4 Å². The van der Waals surface area contributed by atoms with Crippen molar-refractivity contribution < 1.29 is 17.9 Å². The maximum atomic E-state index is 12.0. The Hall–Kier alpha value is -0.410. The first kappa shape index (κ1) is 17.6. The van der Waals surface area contributed by atoms with Gasteiger partial charge in [-0.3, -0.25) is 4.79 Å². The molecule has 1 rings (SSSR count). The molecule has 1 unspecified atom stereocenters. The molecule has 0 aromatic rings. The summed E-state index contributed by atoms with van der Waals surface area (Å²) >= 11 is 0. The first-order valence-electron chi connectivity index (χ1n) is 5.41. The number of ether oxygens (including phenoxy) is 1. The third kappa shape index (κ3) is 4.36. The van der Waals surface area contributed by atoms with Gasteiger partial charge in [0.1, 0.15) is 0 Å². The van der Waals surface area contributed by atoms with Crippen LogP contribution in [0.1, 0.15) is 12.8 Å². The Labute approximate surface area is 114 Å². The van der Waals surface area contributed by atoms with Crippen molar-refractivity contribution in [1.82, 2.24) is 8.61 Å². The summed E-state index contributed by atoms with van der Waals surface area (Å²) in [4.78, 5) is 10.9. The fraction of sp³-hybridized carbons (Fsp3) is 0.889. The number of nitrogens with two attached hydrogens (primary N) is 1. The number of methoxy groups -OCH3 is 1. The molecule has 0 aromatic carbocycles. The van der Waals surface area contributed by atoms with Crippen LogP contribution in [-0.4, -0.2) is 62.8 Å². The zero-order valence-electron chi connectivity index (χ0n) is 10.5. The van der Waals surface area contributed by atoms with Crippen LogP contribution in [0.4, 0.5) is 0 Å². The molecule has 0 aromatic heterocycles. The number of carbonyl (C=O) groups excluding carboxylic acids is 1. The Morgan fingerprint density at radius 1 is 1.56 bits per heavy atom. The van der Waals surface area contributed by atoms with E-state index in [1.165, 1.54) is 18.5 Å². The monoisotopic (exact) mass is 301 g/mol. The van der Waals surface area contributed by atoms with Gasteiger partial charge < -0.3 is 10.5 Å². The van der Waals surface area contributed by atoms with Crippen LogP contribution in [0.2, 0.25) is 0 Å². The van der Waals surface area contributed by atoms with Gasteiger partial charge in [0, 0.05) is 32.7 Å². The second-order valence-corrected chi connectivity index (χ2v) is 6.10. The lowest BCUT2D eigenvalue weighted by atomic mass is 10.3. The Balaban J connectivity index is 0.00000289. The molecule has 1 saturated heterocycles. The normalized spacial score (nSPS) is 20.8. The lowest BCUT2D eigenvalue weighted by molar-refractivity contribution is -0.140. The van der Waals surface area contributed by atoms with E-state index in [2.05, 4.69) is 4.74 Å². The molecule has 1 aliphatic rings. The molecule has 1 heterocycles. The minimum atomic E-state index is -3.50. The van der Waals surface area contributed by atoms with Gasteiger partial charge in [-0.2, -0.15) is 17.0 Å². The van der Waals surface area contributed by atoms with E-state index in [-0.39, 0.29) is 31.4 Å². The van der Waals surface area contributed by atoms with Gasteiger partial charge in [-0.1, -0.05) is 0 Å². The van der Waals surface area contributed by atoms with E-state index in [4.69, 9.17) is 5.73 Å². The molecule has 108 valence electrons. The third-order valence-electron chi connectivity index (χ3n) is 2.77. The lowest BCUT2D eigenvalue weighted by Crippen LogP contribution is -2.42. The minimum absolute atomic E-state index is 0. The molecule has 0 aliphatic carbocycles. The molecule has 1 atom stereocenters. The van der Waals surface area contributed by atoms with Crippen LogP contribution in [0.3, 0.4) is 0 Å². The molecule has 9 heteroatoms. The fourth-order valence-corrected chi connectivity index (χ4v) is 3.06. The molecule has 0 amide bonds. The Bertz CT molecular complexity index is 376. The number of hydrogen-bond donors (Lipinski definition) is 1. The van der Waals surface area contributed by atoms with E-state index in [0.717, 1.165) is 4.31 Å². The highest BCUT2D eigenvalue weighted by molar-refractivity contribution is 7.86. The fourth-order valence-electron chi connectivity index (χ4n) is 1.63. The molecule has 1 fully saturated rings. The van der Waals surface area contributed by atoms with E-state index in [9.17, 15) is 13.2 Å². The van der Waals surface area contributed by atoms with E-state index in [0.29, 0.717) is 19.5 Å². The average Bonchev–Trinajstić information content (AvgIpc) is 2.72. The number of rotatable bonds is 5. The van der Waals surface area contributed by atoms with E-state index in [1.54, 1.807) is 0 Å². The third-order valence-corrected chi connectivity index (χ3v) is 4.72. The van der Waals surface area contributed by atoms with Crippen LogP contribution in [0.15, 0.2) is 0 Å². The maximum Gasteiger partial charge on any atom is 0.306 e. The summed E-state index contributed by atoms with van der Waals surface area (Å²) < 4.78 is 31.0. The van der Waals surface area contributed by atoms with E-state index >= 15 is 0 Å². The largest absolute Gasteiger partial charge is 0.469 e. The predicted molar refractivity (Wildman–Crippen MR) is 69.6 cm³/mol. The maximum absolute atomic E-state index is 12.0. The first-order valence-corrected chi connectivity index (χ1v) is 6.81. The molecule has 0 spiro atoms. The van der Waals surface area contributed by atoms with Gasteiger partial charge in [-0.25, -0.2) is 0 Å². The smallest absolute Gasteiger partial charge is 0.306 e.